The molecule has 0 bridgehead atoms. The van der Waals surface area contributed by atoms with E-state index in [9.17, 15) is 0 Å². The molecule has 0 atom stereocenters. The van der Waals surface area contributed by atoms with E-state index in [2.05, 4.69) is 24.3 Å². The van der Waals surface area contributed by atoms with Crippen molar-refractivity contribution in [3.05, 3.63) is 59.7 Å². The van der Waals surface area contributed by atoms with E-state index in [1.54, 1.807) is 14.2 Å². The van der Waals surface area contributed by atoms with Gasteiger partial charge in [-0.3, -0.25) is 0 Å². The van der Waals surface area contributed by atoms with Gasteiger partial charge in [0.05, 0.1) is 14.2 Å². The summed E-state index contributed by atoms with van der Waals surface area (Å²) in [6.45, 7) is 0. The molecule has 23 heavy (non-hydrogen) atoms. The van der Waals surface area contributed by atoms with Crippen molar-refractivity contribution in [3.8, 4) is 11.5 Å². The molecule has 0 unspecified atom stereocenters. The normalized spacial score (nSPS) is 16.3. The summed E-state index contributed by atoms with van der Waals surface area (Å²) < 4.78 is 10.3. The first-order chi connectivity index (χ1) is 11.3. The van der Waals surface area contributed by atoms with Crippen molar-refractivity contribution in [2.45, 2.75) is 38.0 Å². The van der Waals surface area contributed by atoms with Gasteiger partial charge in [0.25, 0.3) is 0 Å². The van der Waals surface area contributed by atoms with Crippen LogP contribution in [-0.2, 0) is 6.42 Å². The van der Waals surface area contributed by atoms with Crippen LogP contribution in [0.25, 0.3) is 0 Å². The summed E-state index contributed by atoms with van der Waals surface area (Å²) in [7, 11) is 3.44. The lowest BCUT2D eigenvalue weighted by Gasteiger charge is -2.05. The van der Waals surface area contributed by atoms with Crippen LogP contribution in [0.5, 0.6) is 11.5 Å². The number of rotatable bonds is 5. The summed E-state index contributed by atoms with van der Waals surface area (Å²) in [5.74, 6) is 3.76. The number of benzene rings is 2. The molecule has 0 amide bonds. The molecule has 0 spiro atoms. The minimum absolute atomic E-state index is 0.783. The Kier molecular flexibility index (Phi) is 5.22. The molecule has 2 heteroatoms. The van der Waals surface area contributed by atoms with E-state index in [1.807, 2.05) is 24.3 Å². The molecule has 2 aliphatic carbocycles. The smallest absolute Gasteiger partial charge is 0.122 e. The SMILES string of the molecule is COc1ccc(CC2CC2)cc1.COc1ccccc1C1CC1. The van der Waals surface area contributed by atoms with Gasteiger partial charge in [0.1, 0.15) is 11.5 Å². The van der Waals surface area contributed by atoms with E-state index in [4.69, 9.17) is 9.47 Å². The third-order valence-corrected chi connectivity index (χ3v) is 4.54. The molecule has 2 fully saturated rings. The number of para-hydroxylation sites is 1. The Bertz CT molecular complexity index is 610. The second-order valence-corrected chi connectivity index (χ2v) is 6.51. The fourth-order valence-electron chi connectivity index (χ4n) is 2.81. The second kappa shape index (κ2) is 7.54. The number of methoxy groups -OCH3 is 2. The Morgan fingerprint density at radius 1 is 0.826 bits per heavy atom. The molecular weight excluding hydrogens is 284 g/mol. The Morgan fingerprint density at radius 2 is 1.52 bits per heavy atom. The van der Waals surface area contributed by atoms with Gasteiger partial charge in [0.2, 0.25) is 0 Å². The van der Waals surface area contributed by atoms with Gasteiger partial charge in [0.15, 0.2) is 0 Å². The topological polar surface area (TPSA) is 18.5 Å². The van der Waals surface area contributed by atoms with Crippen LogP contribution in [0.15, 0.2) is 48.5 Å². The average Bonchev–Trinajstić information content (AvgIpc) is 3.50. The summed E-state index contributed by atoms with van der Waals surface area (Å²) >= 11 is 0. The number of hydrogen-bond acceptors (Lipinski definition) is 2. The average molecular weight is 310 g/mol. The summed E-state index contributed by atoms with van der Waals surface area (Å²) in [6.07, 6.45) is 6.77. The van der Waals surface area contributed by atoms with E-state index in [0.29, 0.717) is 0 Å². The van der Waals surface area contributed by atoms with Gasteiger partial charge < -0.3 is 9.47 Å². The van der Waals surface area contributed by atoms with Gasteiger partial charge >= 0.3 is 0 Å². The summed E-state index contributed by atoms with van der Waals surface area (Å²) in [5.41, 5.74) is 2.83. The van der Waals surface area contributed by atoms with Crippen LogP contribution in [-0.4, -0.2) is 14.2 Å². The standard InChI is InChI=1S/C11H14O.C10H12O/c1-12-11-6-4-10(5-7-11)8-9-2-3-9;1-11-10-5-3-2-4-9(10)8-6-7-8/h4-7,9H,2-3,8H2,1H3;2-5,8H,6-7H2,1H3. The Morgan fingerprint density at radius 3 is 2.09 bits per heavy atom. The Balaban J connectivity index is 0.000000136. The van der Waals surface area contributed by atoms with Gasteiger partial charge in [-0.15, -0.1) is 0 Å². The maximum Gasteiger partial charge on any atom is 0.122 e. The van der Waals surface area contributed by atoms with Gasteiger partial charge in [-0.2, -0.15) is 0 Å². The molecule has 0 aromatic heterocycles. The molecule has 0 aliphatic heterocycles. The van der Waals surface area contributed by atoms with Crippen molar-refractivity contribution in [3.63, 3.8) is 0 Å². The lowest BCUT2D eigenvalue weighted by Crippen LogP contribution is -1.88. The highest BCUT2D eigenvalue weighted by atomic mass is 16.5. The van der Waals surface area contributed by atoms with E-state index >= 15 is 0 Å². The van der Waals surface area contributed by atoms with Gasteiger partial charge in [-0.05, 0) is 73.3 Å². The molecule has 0 heterocycles. The molecule has 2 saturated carbocycles. The fourth-order valence-corrected chi connectivity index (χ4v) is 2.81. The molecular formula is C21H26O2. The van der Waals surface area contributed by atoms with Gasteiger partial charge in [-0.25, -0.2) is 0 Å². The third-order valence-electron chi connectivity index (χ3n) is 4.54. The monoisotopic (exact) mass is 310 g/mol. The molecule has 4 rings (SSSR count). The maximum atomic E-state index is 5.25. The molecule has 0 radical (unpaired) electrons. The first-order valence-electron chi connectivity index (χ1n) is 8.56. The Labute approximate surface area is 139 Å². The van der Waals surface area contributed by atoms with Crippen molar-refractivity contribution < 1.29 is 9.47 Å². The van der Waals surface area contributed by atoms with Crippen LogP contribution in [0.4, 0.5) is 0 Å². The third kappa shape index (κ3) is 4.75. The highest BCUT2D eigenvalue weighted by Gasteiger charge is 2.25. The zero-order valence-electron chi connectivity index (χ0n) is 14.1. The van der Waals surface area contributed by atoms with Crippen LogP contribution in [0.1, 0.15) is 42.7 Å². The Hall–Kier alpha value is -1.96. The lowest BCUT2D eigenvalue weighted by molar-refractivity contribution is 0.410. The van der Waals surface area contributed by atoms with Crippen LogP contribution >= 0.6 is 0 Å². The van der Waals surface area contributed by atoms with Crippen molar-refractivity contribution in [2.24, 2.45) is 5.92 Å². The van der Waals surface area contributed by atoms with Crippen molar-refractivity contribution in [1.29, 1.82) is 0 Å². The largest absolute Gasteiger partial charge is 0.497 e. The first-order valence-corrected chi connectivity index (χ1v) is 8.56. The van der Waals surface area contributed by atoms with Crippen LogP contribution < -0.4 is 9.47 Å². The van der Waals surface area contributed by atoms with Crippen LogP contribution in [0.3, 0.4) is 0 Å². The van der Waals surface area contributed by atoms with Crippen molar-refractivity contribution >= 4 is 0 Å². The number of ether oxygens (including phenoxy) is 2. The summed E-state index contributed by atoms with van der Waals surface area (Å²) in [4.78, 5) is 0. The van der Waals surface area contributed by atoms with E-state index in [1.165, 1.54) is 43.2 Å². The van der Waals surface area contributed by atoms with Crippen molar-refractivity contribution in [1.82, 2.24) is 0 Å². The molecule has 122 valence electrons. The first kappa shape index (κ1) is 15.9. The summed E-state index contributed by atoms with van der Waals surface area (Å²) in [6, 6.07) is 16.7. The minimum atomic E-state index is 0.783. The number of hydrogen-bond donors (Lipinski definition) is 0. The molecule has 0 saturated heterocycles. The molecule has 2 aliphatic rings. The maximum absolute atomic E-state index is 5.25. The summed E-state index contributed by atoms with van der Waals surface area (Å²) in [5, 5.41) is 0. The molecule has 2 nitrogen and oxygen atoms in total. The molecule has 2 aromatic rings. The van der Waals surface area contributed by atoms with E-state index in [-0.39, 0.29) is 0 Å². The zero-order chi connectivity index (χ0) is 16.1. The highest BCUT2D eigenvalue weighted by molar-refractivity contribution is 5.38. The van der Waals surface area contributed by atoms with Gasteiger partial charge in [-0.1, -0.05) is 30.3 Å². The van der Waals surface area contributed by atoms with E-state index < -0.39 is 0 Å². The molecule has 2 aromatic carbocycles. The lowest BCUT2D eigenvalue weighted by atomic mass is 10.1. The molecule has 0 N–H and O–H groups in total. The van der Waals surface area contributed by atoms with Crippen LogP contribution in [0, 0.1) is 5.92 Å². The van der Waals surface area contributed by atoms with Crippen LogP contribution in [0.2, 0.25) is 0 Å². The zero-order valence-corrected chi connectivity index (χ0v) is 14.1. The van der Waals surface area contributed by atoms with Gasteiger partial charge in [0, 0.05) is 0 Å². The fraction of sp³-hybridized carbons (Fsp3) is 0.429. The quantitative estimate of drug-likeness (QED) is 0.753. The van der Waals surface area contributed by atoms with Crippen molar-refractivity contribution in [2.75, 3.05) is 14.2 Å². The second-order valence-electron chi connectivity index (χ2n) is 6.51. The minimum Gasteiger partial charge on any atom is -0.497 e. The predicted molar refractivity (Wildman–Crippen MR) is 94.4 cm³/mol. The highest BCUT2D eigenvalue weighted by Crippen LogP contribution is 2.43. The van der Waals surface area contributed by atoms with E-state index in [0.717, 1.165) is 23.3 Å². The predicted octanol–water partition coefficient (Wildman–Crippen LogP) is 5.22.